The molecule has 8 heteroatoms. The molecule has 0 N–H and O–H groups in total. The summed E-state index contributed by atoms with van der Waals surface area (Å²) in [5.74, 6) is 1.36. The fourth-order valence-corrected chi connectivity index (χ4v) is 4.12. The van der Waals surface area contributed by atoms with Crippen LogP contribution >= 0.6 is 0 Å². The van der Waals surface area contributed by atoms with Gasteiger partial charge in [0, 0.05) is 74.5 Å². The van der Waals surface area contributed by atoms with Gasteiger partial charge >= 0.3 is 0 Å². The summed E-state index contributed by atoms with van der Waals surface area (Å²) in [5.41, 5.74) is 4.80. The fraction of sp³-hybridized carbons (Fsp3) is 0.154. The number of pyridine rings is 4. The van der Waals surface area contributed by atoms with E-state index in [1.165, 1.54) is 0 Å². The Morgan fingerprint density at radius 3 is 1.32 bits per heavy atom. The first-order valence-electron chi connectivity index (χ1n) is 10.9. The lowest BCUT2D eigenvalue weighted by molar-refractivity contribution is 0.641. The molecule has 4 aromatic rings. The Hall–Kier alpha value is -4.82. The lowest BCUT2D eigenvalue weighted by atomic mass is 10.1. The minimum absolute atomic E-state index is 0.542. The third-order valence-electron chi connectivity index (χ3n) is 5.88. The highest BCUT2D eigenvalue weighted by Gasteiger charge is 2.23. The molecule has 0 unspecified atom stereocenters. The van der Waals surface area contributed by atoms with Crippen LogP contribution in [0.2, 0.25) is 0 Å². The van der Waals surface area contributed by atoms with Crippen LogP contribution in [0.5, 0.6) is 0 Å². The van der Waals surface area contributed by atoms with Crippen molar-refractivity contribution in [3.63, 3.8) is 0 Å². The van der Waals surface area contributed by atoms with Crippen molar-refractivity contribution < 1.29 is 0 Å². The Morgan fingerprint density at radius 1 is 0.588 bits per heavy atom. The average molecular weight is 445 g/mol. The first-order valence-corrected chi connectivity index (χ1v) is 10.9. The summed E-state index contributed by atoms with van der Waals surface area (Å²) in [4.78, 5) is 21.5. The normalized spacial score (nSPS) is 13.2. The summed E-state index contributed by atoms with van der Waals surface area (Å²) in [6.45, 7) is 2.70. The minimum atomic E-state index is 0.542. The molecule has 0 saturated carbocycles. The maximum Gasteiger partial charge on any atom is 0.146 e. The standard InChI is InChI=1S/C26H20N8/c27-15-21-13-23(19-1-5-29-6-2-19)17-31-25(21)33-9-11-34(12-10-33)26-22(16-28)14-24(18-32-26)20-3-7-30-8-4-20/h1-8,13-14,17-18H,9-12H2. The van der Waals surface area contributed by atoms with E-state index in [2.05, 4.69) is 41.9 Å². The first kappa shape index (κ1) is 21.0. The second kappa shape index (κ2) is 9.35. The second-order valence-electron chi connectivity index (χ2n) is 7.86. The SMILES string of the molecule is N#Cc1cc(-c2ccncc2)cnc1N1CCN(c2ncc(-c3ccncc3)cc2C#N)CC1. The van der Waals surface area contributed by atoms with Crippen LogP contribution in [0.1, 0.15) is 11.1 Å². The third kappa shape index (κ3) is 4.13. The van der Waals surface area contributed by atoms with Gasteiger partial charge in [-0.3, -0.25) is 9.97 Å². The van der Waals surface area contributed by atoms with Crippen molar-refractivity contribution >= 4 is 11.6 Å². The molecule has 0 aromatic carbocycles. The molecule has 0 amide bonds. The number of piperazine rings is 1. The fourth-order valence-electron chi connectivity index (χ4n) is 4.12. The highest BCUT2D eigenvalue weighted by Crippen LogP contribution is 2.28. The van der Waals surface area contributed by atoms with E-state index in [1.54, 1.807) is 37.2 Å². The molecule has 5 rings (SSSR count). The van der Waals surface area contributed by atoms with Gasteiger partial charge < -0.3 is 9.80 Å². The summed E-state index contributed by atoms with van der Waals surface area (Å²) in [5, 5.41) is 19.5. The molecule has 5 heterocycles. The van der Waals surface area contributed by atoms with Crippen LogP contribution in [0.15, 0.2) is 73.6 Å². The van der Waals surface area contributed by atoms with Crippen molar-refractivity contribution in [1.29, 1.82) is 10.5 Å². The minimum Gasteiger partial charge on any atom is -0.352 e. The predicted octanol–water partition coefficient (Wildman–Crippen LogP) is 3.67. The van der Waals surface area contributed by atoms with Crippen molar-refractivity contribution in [2.75, 3.05) is 36.0 Å². The Bertz CT molecular complexity index is 1270. The van der Waals surface area contributed by atoms with Gasteiger partial charge in [-0.05, 0) is 47.5 Å². The summed E-state index contributed by atoms with van der Waals surface area (Å²) in [7, 11) is 0. The van der Waals surface area contributed by atoms with E-state index in [4.69, 9.17) is 0 Å². The molecular formula is C26H20N8. The summed E-state index contributed by atoms with van der Waals surface area (Å²) < 4.78 is 0. The molecule has 1 fully saturated rings. The molecule has 8 nitrogen and oxygen atoms in total. The molecule has 0 spiro atoms. The molecule has 4 aromatic heterocycles. The van der Waals surface area contributed by atoms with E-state index in [0.717, 1.165) is 22.3 Å². The van der Waals surface area contributed by atoms with Crippen LogP contribution in [0, 0.1) is 22.7 Å². The Morgan fingerprint density at radius 2 is 0.971 bits per heavy atom. The van der Waals surface area contributed by atoms with Gasteiger partial charge in [0.1, 0.15) is 23.8 Å². The van der Waals surface area contributed by atoms with E-state index in [0.29, 0.717) is 48.9 Å². The maximum absolute atomic E-state index is 9.75. The van der Waals surface area contributed by atoms with Gasteiger partial charge in [0.2, 0.25) is 0 Å². The van der Waals surface area contributed by atoms with Gasteiger partial charge in [-0.15, -0.1) is 0 Å². The highest BCUT2D eigenvalue weighted by molar-refractivity contribution is 5.70. The molecule has 1 saturated heterocycles. The first-order chi connectivity index (χ1) is 16.8. The predicted molar refractivity (Wildman–Crippen MR) is 129 cm³/mol. The number of anilines is 2. The molecular weight excluding hydrogens is 424 g/mol. The second-order valence-corrected chi connectivity index (χ2v) is 7.86. The lowest BCUT2D eigenvalue weighted by Crippen LogP contribution is -2.47. The average Bonchev–Trinajstić information content (AvgIpc) is 2.93. The number of hydrogen-bond donors (Lipinski definition) is 0. The largest absolute Gasteiger partial charge is 0.352 e. The highest BCUT2D eigenvalue weighted by atomic mass is 15.3. The number of nitriles is 2. The van der Waals surface area contributed by atoms with Crippen LogP contribution in [-0.2, 0) is 0 Å². The van der Waals surface area contributed by atoms with E-state index < -0.39 is 0 Å². The van der Waals surface area contributed by atoms with Crippen LogP contribution < -0.4 is 9.80 Å². The lowest BCUT2D eigenvalue weighted by Gasteiger charge is -2.36. The van der Waals surface area contributed by atoms with Crippen molar-refractivity contribution in [2.24, 2.45) is 0 Å². The molecule has 164 valence electrons. The van der Waals surface area contributed by atoms with Crippen molar-refractivity contribution in [2.45, 2.75) is 0 Å². The molecule has 0 atom stereocenters. The maximum atomic E-state index is 9.75. The van der Waals surface area contributed by atoms with E-state index in [1.807, 2.05) is 36.4 Å². The molecule has 34 heavy (non-hydrogen) atoms. The van der Waals surface area contributed by atoms with Crippen LogP contribution in [-0.4, -0.2) is 46.1 Å². The zero-order chi connectivity index (χ0) is 23.3. The van der Waals surface area contributed by atoms with Gasteiger partial charge in [-0.2, -0.15) is 10.5 Å². The third-order valence-corrected chi connectivity index (χ3v) is 5.88. The van der Waals surface area contributed by atoms with Crippen molar-refractivity contribution in [3.8, 4) is 34.4 Å². The molecule has 0 aliphatic carbocycles. The molecule has 1 aliphatic rings. The number of rotatable bonds is 4. The van der Waals surface area contributed by atoms with Crippen molar-refractivity contribution in [1.82, 2.24) is 19.9 Å². The molecule has 0 bridgehead atoms. The number of hydrogen-bond acceptors (Lipinski definition) is 8. The number of nitrogens with zero attached hydrogens (tertiary/aromatic N) is 8. The Balaban J connectivity index is 1.33. The van der Waals surface area contributed by atoms with E-state index >= 15 is 0 Å². The Kier molecular flexibility index (Phi) is 5.79. The van der Waals surface area contributed by atoms with E-state index in [9.17, 15) is 10.5 Å². The zero-order valence-corrected chi connectivity index (χ0v) is 18.3. The van der Waals surface area contributed by atoms with Gasteiger partial charge in [0.15, 0.2) is 0 Å². The number of aromatic nitrogens is 4. The smallest absolute Gasteiger partial charge is 0.146 e. The van der Waals surface area contributed by atoms with Gasteiger partial charge in [-0.1, -0.05) is 0 Å². The summed E-state index contributed by atoms with van der Waals surface area (Å²) >= 11 is 0. The monoisotopic (exact) mass is 444 g/mol. The van der Waals surface area contributed by atoms with Gasteiger partial charge in [0.05, 0.1) is 11.1 Å². The topological polar surface area (TPSA) is 106 Å². The zero-order valence-electron chi connectivity index (χ0n) is 18.3. The molecule has 0 radical (unpaired) electrons. The summed E-state index contributed by atoms with van der Waals surface area (Å²) in [6.07, 6.45) is 10.5. The van der Waals surface area contributed by atoms with Gasteiger partial charge in [0.25, 0.3) is 0 Å². The Labute approximate surface area is 197 Å². The van der Waals surface area contributed by atoms with E-state index in [-0.39, 0.29) is 0 Å². The quantitative estimate of drug-likeness (QED) is 0.469. The van der Waals surface area contributed by atoms with Crippen LogP contribution in [0.4, 0.5) is 11.6 Å². The van der Waals surface area contributed by atoms with Crippen molar-refractivity contribution in [3.05, 3.63) is 84.7 Å². The van der Waals surface area contributed by atoms with Crippen LogP contribution in [0.3, 0.4) is 0 Å². The molecule has 1 aliphatic heterocycles. The summed E-state index contributed by atoms with van der Waals surface area (Å²) in [6, 6.07) is 15.9. The van der Waals surface area contributed by atoms with Gasteiger partial charge in [-0.25, -0.2) is 9.97 Å². The van der Waals surface area contributed by atoms with Crippen LogP contribution in [0.25, 0.3) is 22.3 Å².